The van der Waals surface area contributed by atoms with Crippen molar-refractivity contribution in [3.63, 3.8) is 0 Å². The van der Waals surface area contributed by atoms with Gasteiger partial charge in [-0.15, -0.1) is 0 Å². The Morgan fingerprint density at radius 1 is 1.50 bits per heavy atom. The van der Waals surface area contributed by atoms with Crippen LogP contribution in [-0.4, -0.2) is 24.0 Å². The Hall–Kier alpha value is -0.450. The first-order chi connectivity index (χ1) is 7.70. The van der Waals surface area contributed by atoms with Gasteiger partial charge in [0, 0.05) is 19.1 Å². The maximum Gasteiger partial charge on any atom is 0.137 e. The number of rotatable bonds is 3. The highest BCUT2D eigenvalue weighted by Crippen LogP contribution is 2.22. The monoisotopic (exact) mass is 286 g/mol. The van der Waals surface area contributed by atoms with Gasteiger partial charge in [-0.1, -0.05) is 6.07 Å². The fourth-order valence-corrected chi connectivity index (χ4v) is 2.67. The van der Waals surface area contributed by atoms with Crippen molar-refractivity contribution in [2.45, 2.75) is 25.4 Å². The second kappa shape index (κ2) is 5.25. The molecule has 1 atom stereocenters. The zero-order chi connectivity index (χ0) is 11.5. The molecule has 1 fully saturated rings. The normalized spacial score (nSPS) is 21.6. The molecular formula is C12H16BrFN2. The first-order valence-corrected chi connectivity index (χ1v) is 6.38. The van der Waals surface area contributed by atoms with Crippen molar-refractivity contribution >= 4 is 15.9 Å². The summed E-state index contributed by atoms with van der Waals surface area (Å²) in [4.78, 5) is 2.37. The zero-order valence-electron chi connectivity index (χ0n) is 9.13. The molecule has 2 rings (SSSR count). The predicted octanol–water partition coefficient (Wildman–Crippen LogP) is 2.51. The fourth-order valence-electron chi connectivity index (χ4n) is 2.24. The Balaban J connectivity index is 2.05. The number of nitrogens with two attached hydrogens (primary N) is 1. The largest absolute Gasteiger partial charge is 0.329 e. The van der Waals surface area contributed by atoms with Crippen LogP contribution >= 0.6 is 15.9 Å². The Morgan fingerprint density at radius 3 is 3.00 bits per heavy atom. The van der Waals surface area contributed by atoms with Gasteiger partial charge in [-0.3, -0.25) is 4.90 Å². The minimum atomic E-state index is -0.208. The molecule has 1 aliphatic rings. The average Bonchev–Trinajstić information content (AvgIpc) is 2.71. The van der Waals surface area contributed by atoms with E-state index < -0.39 is 0 Å². The first kappa shape index (κ1) is 12.0. The van der Waals surface area contributed by atoms with E-state index in [0.717, 1.165) is 18.7 Å². The van der Waals surface area contributed by atoms with Crippen LogP contribution in [0.5, 0.6) is 0 Å². The predicted molar refractivity (Wildman–Crippen MR) is 66.6 cm³/mol. The number of hydrogen-bond donors (Lipinski definition) is 1. The first-order valence-electron chi connectivity index (χ1n) is 5.58. The molecule has 1 aromatic rings. The van der Waals surface area contributed by atoms with Crippen molar-refractivity contribution in [3.05, 3.63) is 34.1 Å². The van der Waals surface area contributed by atoms with Crippen LogP contribution in [-0.2, 0) is 6.54 Å². The van der Waals surface area contributed by atoms with Crippen LogP contribution in [0.4, 0.5) is 4.39 Å². The maximum atomic E-state index is 13.1. The van der Waals surface area contributed by atoms with Crippen LogP contribution < -0.4 is 5.73 Å². The van der Waals surface area contributed by atoms with Gasteiger partial charge in [0.05, 0.1) is 4.47 Å². The molecule has 0 aliphatic carbocycles. The molecule has 0 spiro atoms. The van der Waals surface area contributed by atoms with Crippen LogP contribution in [0.15, 0.2) is 22.7 Å². The minimum Gasteiger partial charge on any atom is -0.329 e. The highest BCUT2D eigenvalue weighted by atomic mass is 79.9. The molecule has 4 heteroatoms. The summed E-state index contributed by atoms with van der Waals surface area (Å²) < 4.78 is 13.6. The van der Waals surface area contributed by atoms with Crippen LogP contribution in [0.2, 0.25) is 0 Å². The Bertz CT molecular complexity index is 370. The third-order valence-corrected chi connectivity index (χ3v) is 3.75. The summed E-state index contributed by atoms with van der Waals surface area (Å²) in [5, 5.41) is 0. The van der Waals surface area contributed by atoms with E-state index in [1.165, 1.54) is 18.9 Å². The Kier molecular flexibility index (Phi) is 3.95. The highest BCUT2D eigenvalue weighted by Gasteiger charge is 2.22. The molecule has 0 bridgehead atoms. The standard InChI is InChI=1S/C12H16BrFN2/c13-11-6-9(3-4-12(11)14)8-16-5-1-2-10(16)7-15/h3-4,6,10H,1-2,5,7-8,15H2. The number of halogens is 2. The highest BCUT2D eigenvalue weighted by molar-refractivity contribution is 9.10. The van der Waals surface area contributed by atoms with E-state index in [-0.39, 0.29) is 5.82 Å². The van der Waals surface area contributed by atoms with Gasteiger partial charge in [-0.25, -0.2) is 4.39 Å². The maximum absolute atomic E-state index is 13.1. The van der Waals surface area contributed by atoms with Crippen LogP contribution in [0.25, 0.3) is 0 Å². The number of likely N-dealkylation sites (tertiary alicyclic amines) is 1. The quantitative estimate of drug-likeness (QED) is 0.925. The smallest absolute Gasteiger partial charge is 0.137 e. The number of hydrogen-bond acceptors (Lipinski definition) is 2. The zero-order valence-corrected chi connectivity index (χ0v) is 10.7. The molecule has 1 unspecified atom stereocenters. The lowest BCUT2D eigenvalue weighted by Crippen LogP contribution is -2.34. The van der Waals surface area contributed by atoms with E-state index in [4.69, 9.17) is 5.73 Å². The molecule has 1 heterocycles. The summed E-state index contributed by atoms with van der Waals surface area (Å²) in [5.74, 6) is -0.208. The molecule has 1 aliphatic heterocycles. The van der Waals surface area contributed by atoms with Crippen molar-refractivity contribution in [1.29, 1.82) is 0 Å². The van der Waals surface area contributed by atoms with Gasteiger partial charge in [0.2, 0.25) is 0 Å². The van der Waals surface area contributed by atoms with E-state index in [1.807, 2.05) is 12.1 Å². The van der Waals surface area contributed by atoms with Crippen LogP contribution in [0.3, 0.4) is 0 Å². The molecule has 1 aromatic carbocycles. The van der Waals surface area contributed by atoms with Gasteiger partial charge in [0.25, 0.3) is 0 Å². The minimum absolute atomic E-state index is 0.208. The Morgan fingerprint density at radius 2 is 2.31 bits per heavy atom. The van der Waals surface area contributed by atoms with Gasteiger partial charge >= 0.3 is 0 Å². The van der Waals surface area contributed by atoms with Crippen molar-refractivity contribution < 1.29 is 4.39 Å². The third kappa shape index (κ3) is 2.62. The van der Waals surface area contributed by atoms with Crippen LogP contribution in [0, 0.1) is 5.82 Å². The summed E-state index contributed by atoms with van der Waals surface area (Å²) in [5.41, 5.74) is 6.85. The van der Waals surface area contributed by atoms with Crippen molar-refractivity contribution in [1.82, 2.24) is 4.90 Å². The van der Waals surface area contributed by atoms with E-state index in [1.54, 1.807) is 0 Å². The fraction of sp³-hybridized carbons (Fsp3) is 0.500. The molecule has 0 amide bonds. The number of nitrogens with zero attached hydrogens (tertiary/aromatic N) is 1. The number of benzene rings is 1. The van der Waals surface area contributed by atoms with E-state index >= 15 is 0 Å². The Labute approximate surface area is 104 Å². The molecule has 2 nitrogen and oxygen atoms in total. The summed E-state index contributed by atoms with van der Waals surface area (Å²) in [7, 11) is 0. The molecule has 0 saturated carbocycles. The molecular weight excluding hydrogens is 271 g/mol. The molecule has 0 radical (unpaired) electrons. The van der Waals surface area contributed by atoms with E-state index in [0.29, 0.717) is 17.1 Å². The van der Waals surface area contributed by atoms with Crippen LogP contribution in [0.1, 0.15) is 18.4 Å². The van der Waals surface area contributed by atoms with Gasteiger partial charge in [-0.2, -0.15) is 0 Å². The lowest BCUT2D eigenvalue weighted by Gasteiger charge is -2.23. The van der Waals surface area contributed by atoms with Gasteiger partial charge in [0.15, 0.2) is 0 Å². The molecule has 88 valence electrons. The van der Waals surface area contributed by atoms with Crippen molar-refractivity contribution in [2.75, 3.05) is 13.1 Å². The van der Waals surface area contributed by atoms with Crippen molar-refractivity contribution in [2.24, 2.45) is 5.73 Å². The summed E-state index contributed by atoms with van der Waals surface area (Å²) in [6.07, 6.45) is 2.39. The second-order valence-electron chi connectivity index (χ2n) is 4.25. The lowest BCUT2D eigenvalue weighted by molar-refractivity contribution is 0.250. The molecule has 16 heavy (non-hydrogen) atoms. The second-order valence-corrected chi connectivity index (χ2v) is 5.11. The van der Waals surface area contributed by atoms with Gasteiger partial charge in [-0.05, 0) is 53.0 Å². The SMILES string of the molecule is NCC1CCCN1Cc1ccc(F)c(Br)c1. The van der Waals surface area contributed by atoms with E-state index in [2.05, 4.69) is 20.8 Å². The molecule has 2 N–H and O–H groups in total. The average molecular weight is 287 g/mol. The lowest BCUT2D eigenvalue weighted by atomic mass is 10.2. The van der Waals surface area contributed by atoms with Gasteiger partial charge < -0.3 is 5.73 Å². The van der Waals surface area contributed by atoms with Crippen molar-refractivity contribution in [3.8, 4) is 0 Å². The summed E-state index contributed by atoms with van der Waals surface area (Å²) >= 11 is 3.21. The molecule has 1 saturated heterocycles. The van der Waals surface area contributed by atoms with E-state index in [9.17, 15) is 4.39 Å². The van der Waals surface area contributed by atoms with Gasteiger partial charge in [0.1, 0.15) is 5.82 Å². The summed E-state index contributed by atoms with van der Waals surface area (Å²) in [6.45, 7) is 2.67. The topological polar surface area (TPSA) is 29.3 Å². The molecule has 0 aromatic heterocycles. The third-order valence-electron chi connectivity index (χ3n) is 3.14. The summed E-state index contributed by atoms with van der Waals surface area (Å²) in [6, 6.07) is 5.68.